The Morgan fingerprint density at radius 1 is 1.56 bits per heavy atom. The van der Waals surface area contributed by atoms with E-state index in [4.69, 9.17) is 18.0 Å². The number of hydrogen-bond donors (Lipinski definition) is 1. The fraction of sp³-hybridized carbons (Fsp3) is 0.846. The molecule has 18 heavy (non-hydrogen) atoms. The van der Waals surface area contributed by atoms with Gasteiger partial charge in [-0.2, -0.15) is 0 Å². The predicted molar refractivity (Wildman–Crippen MR) is 78.4 cm³/mol. The molecule has 1 rings (SSSR count). The van der Waals surface area contributed by atoms with E-state index in [0.717, 1.165) is 19.5 Å². The molecule has 2 N–H and O–H groups in total. The van der Waals surface area contributed by atoms with Gasteiger partial charge < -0.3 is 15.5 Å². The minimum absolute atomic E-state index is 0.0535. The number of carbonyl (C=O) groups is 1. The molecule has 0 aromatic carbocycles. The third-order valence-corrected chi connectivity index (χ3v) is 4.03. The van der Waals surface area contributed by atoms with Crippen molar-refractivity contribution >= 4 is 23.1 Å². The lowest BCUT2D eigenvalue weighted by atomic mass is 9.94. The number of carbonyl (C=O) groups excluding carboxylic acids is 1. The van der Waals surface area contributed by atoms with Crippen LogP contribution in [-0.2, 0) is 4.79 Å². The van der Waals surface area contributed by atoms with Gasteiger partial charge in [0.2, 0.25) is 5.91 Å². The molecule has 1 amide bonds. The van der Waals surface area contributed by atoms with E-state index in [2.05, 4.69) is 11.9 Å². The van der Waals surface area contributed by atoms with Crippen molar-refractivity contribution in [2.24, 2.45) is 17.6 Å². The van der Waals surface area contributed by atoms with E-state index >= 15 is 0 Å². The number of nitrogens with zero attached hydrogens (tertiary/aromatic N) is 2. The van der Waals surface area contributed by atoms with Crippen LogP contribution in [0.15, 0.2) is 0 Å². The molecule has 1 aliphatic heterocycles. The second-order valence-corrected chi connectivity index (χ2v) is 6.09. The Morgan fingerprint density at radius 2 is 2.17 bits per heavy atom. The summed E-state index contributed by atoms with van der Waals surface area (Å²) in [6, 6.07) is 0.470. The van der Waals surface area contributed by atoms with Crippen LogP contribution < -0.4 is 5.73 Å². The molecular formula is C13H25N3OS. The molecular weight excluding hydrogens is 246 g/mol. The maximum atomic E-state index is 12.4. The van der Waals surface area contributed by atoms with Crippen LogP contribution in [-0.4, -0.2) is 53.9 Å². The van der Waals surface area contributed by atoms with Gasteiger partial charge in [-0.05, 0) is 32.4 Å². The molecule has 2 atom stereocenters. The van der Waals surface area contributed by atoms with Crippen LogP contribution in [0.3, 0.4) is 0 Å². The van der Waals surface area contributed by atoms with Gasteiger partial charge in [0.1, 0.15) is 0 Å². The number of likely N-dealkylation sites (tertiary alicyclic amines) is 1. The summed E-state index contributed by atoms with van der Waals surface area (Å²) in [4.78, 5) is 16.8. The van der Waals surface area contributed by atoms with Crippen molar-refractivity contribution in [1.82, 2.24) is 9.80 Å². The van der Waals surface area contributed by atoms with Crippen molar-refractivity contribution in [2.75, 3.05) is 27.2 Å². The average Bonchev–Trinajstić information content (AvgIpc) is 2.63. The minimum Gasteiger partial charge on any atom is -0.393 e. The molecule has 1 saturated heterocycles. The summed E-state index contributed by atoms with van der Waals surface area (Å²) in [5, 5.41) is 0. The third kappa shape index (κ3) is 3.65. The van der Waals surface area contributed by atoms with Crippen molar-refractivity contribution in [2.45, 2.75) is 32.7 Å². The molecule has 0 radical (unpaired) electrons. The van der Waals surface area contributed by atoms with Crippen LogP contribution in [0.2, 0.25) is 0 Å². The van der Waals surface area contributed by atoms with E-state index < -0.39 is 0 Å². The standard InChI is InChI=1S/C13H25N3OS/c1-9(2)11(12(14)18)13(17)16(4)8-10-6-5-7-15(10)3/h9-11H,5-8H2,1-4H3,(H2,14,18). The monoisotopic (exact) mass is 271 g/mol. The number of nitrogens with two attached hydrogens (primary N) is 1. The molecule has 1 heterocycles. The van der Waals surface area contributed by atoms with Gasteiger partial charge >= 0.3 is 0 Å². The number of thiocarbonyl (C=S) groups is 1. The highest BCUT2D eigenvalue weighted by molar-refractivity contribution is 7.80. The SMILES string of the molecule is CC(C)C(C(=O)N(C)CC1CCCN1C)C(N)=S. The summed E-state index contributed by atoms with van der Waals surface area (Å²) in [5.41, 5.74) is 5.69. The fourth-order valence-electron chi connectivity index (χ4n) is 2.59. The van der Waals surface area contributed by atoms with Crippen LogP contribution in [0, 0.1) is 11.8 Å². The second-order valence-electron chi connectivity index (χ2n) is 5.62. The van der Waals surface area contributed by atoms with Crippen LogP contribution in [0.4, 0.5) is 0 Å². The topological polar surface area (TPSA) is 49.6 Å². The molecule has 104 valence electrons. The van der Waals surface area contributed by atoms with Gasteiger partial charge in [-0.1, -0.05) is 26.1 Å². The average molecular weight is 271 g/mol. The van der Waals surface area contributed by atoms with Crippen LogP contribution >= 0.6 is 12.2 Å². The van der Waals surface area contributed by atoms with Crippen molar-refractivity contribution in [3.05, 3.63) is 0 Å². The maximum absolute atomic E-state index is 12.4. The highest BCUT2D eigenvalue weighted by Gasteiger charge is 2.30. The second kappa shape index (κ2) is 6.48. The molecule has 2 unspecified atom stereocenters. The zero-order chi connectivity index (χ0) is 13.9. The Labute approximate surface area is 115 Å². The van der Waals surface area contributed by atoms with E-state index in [1.54, 1.807) is 4.90 Å². The van der Waals surface area contributed by atoms with Gasteiger partial charge in [-0.15, -0.1) is 0 Å². The maximum Gasteiger partial charge on any atom is 0.232 e. The summed E-state index contributed by atoms with van der Waals surface area (Å²) in [5.74, 6) is -0.131. The molecule has 0 aromatic rings. The van der Waals surface area contributed by atoms with Crippen molar-refractivity contribution in [1.29, 1.82) is 0 Å². The van der Waals surface area contributed by atoms with Crippen LogP contribution in [0.25, 0.3) is 0 Å². The van der Waals surface area contributed by atoms with E-state index in [9.17, 15) is 4.79 Å². The Kier molecular flexibility index (Phi) is 5.53. The minimum atomic E-state index is -0.336. The van der Waals surface area contributed by atoms with Gasteiger partial charge in [-0.25, -0.2) is 0 Å². The number of amides is 1. The first kappa shape index (κ1) is 15.4. The number of likely N-dealkylation sites (N-methyl/N-ethyl adjacent to an activating group) is 2. The summed E-state index contributed by atoms with van der Waals surface area (Å²) in [7, 11) is 3.96. The number of rotatable bonds is 5. The third-order valence-electron chi connectivity index (χ3n) is 3.77. The van der Waals surface area contributed by atoms with Gasteiger partial charge in [0, 0.05) is 19.6 Å². The van der Waals surface area contributed by atoms with Gasteiger partial charge in [0.15, 0.2) is 0 Å². The van der Waals surface area contributed by atoms with Gasteiger partial charge in [0.05, 0.1) is 10.9 Å². The molecule has 1 aliphatic rings. The molecule has 4 nitrogen and oxygen atoms in total. The Bertz CT molecular complexity index is 319. The van der Waals surface area contributed by atoms with Crippen LogP contribution in [0.1, 0.15) is 26.7 Å². The normalized spacial score (nSPS) is 22.2. The Hall–Kier alpha value is -0.680. The smallest absolute Gasteiger partial charge is 0.232 e. The van der Waals surface area contributed by atoms with E-state index in [1.807, 2.05) is 20.9 Å². The molecule has 0 bridgehead atoms. The summed E-state index contributed by atoms with van der Waals surface area (Å²) in [6.07, 6.45) is 2.37. The molecule has 0 aliphatic carbocycles. The van der Waals surface area contributed by atoms with Crippen molar-refractivity contribution in [3.8, 4) is 0 Å². The van der Waals surface area contributed by atoms with Gasteiger partial charge in [-0.3, -0.25) is 4.79 Å². The predicted octanol–water partition coefficient (Wildman–Crippen LogP) is 1.10. The van der Waals surface area contributed by atoms with Crippen molar-refractivity contribution < 1.29 is 4.79 Å². The zero-order valence-corrected chi connectivity index (χ0v) is 12.7. The van der Waals surface area contributed by atoms with E-state index in [-0.39, 0.29) is 17.7 Å². The van der Waals surface area contributed by atoms with E-state index in [1.165, 1.54) is 6.42 Å². The molecule has 0 saturated carbocycles. The van der Waals surface area contributed by atoms with Gasteiger partial charge in [0.25, 0.3) is 0 Å². The molecule has 1 fully saturated rings. The largest absolute Gasteiger partial charge is 0.393 e. The fourth-order valence-corrected chi connectivity index (χ4v) is 2.96. The first-order valence-corrected chi connectivity index (χ1v) is 7.00. The molecule has 0 aromatic heterocycles. The lowest BCUT2D eigenvalue weighted by Crippen LogP contribution is -2.46. The first-order valence-electron chi connectivity index (χ1n) is 6.59. The molecule has 0 spiro atoms. The molecule has 5 heteroatoms. The summed E-state index contributed by atoms with van der Waals surface area (Å²) >= 11 is 5.01. The zero-order valence-electron chi connectivity index (χ0n) is 11.8. The van der Waals surface area contributed by atoms with Crippen molar-refractivity contribution in [3.63, 3.8) is 0 Å². The Morgan fingerprint density at radius 3 is 2.56 bits per heavy atom. The highest BCUT2D eigenvalue weighted by atomic mass is 32.1. The highest BCUT2D eigenvalue weighted by Crippen LogP contribution is 2.18. The van der Waals surface area contributed by atoms with Crippen LogP contribution in [0.5, 0.6) is 0 Å². The lowest BCUT2D eigenvalue weighted by molar-refractivity contribution is -0.133. The number of hydrogen-bond acceptors (Lipinski definition) is 3. The lowest BCUT2D eigenvalue weighted by Gasteiger charge is -2.29. The van der Waals surface area contributed by atoms with E-state index in [0.29, 0.717) is 11.0 Å². The Balaban J connectivity index is 2.62. The first-order chi connectivity index (χ1) is 8.34. The quantitative estimate of drug-likeness (QED) is 0.761. The summed E-state index contributed by atoms with van der Waals surface area (Å²) in [6.45, 7) is 5.85. The summed E-state index contributed by atoms with van der Waals surface area (Å²) < 4.78 is 0.